The van der Waals surface area contributed by atoms with Crippen LogP contribution < -0.4 is 30.3 Å². The highest BCUT2D eigenvalue weighted by molar-refractivity contribution is 6.03. The third-order valence-corrected chi connectivity index (χ3v) is 4.95. The first-order chi connectivity index (χ1) is 18.9. The predicted molar refractivity (Wildman–Crippen MR) is 145 cm³/mol. The first-order valence-electron chi connectivity index (χ1n) is 12.2. The highest BCUT2D eigenvalue weighted by atomic mass is 19.1. The molecule has 3 aromatic carbocycles. The number of rotatable bonds is 13. The minimum Gasteiger partial charge on any atom is -0.494 e. The van der Waals surface area contributed by atoms with E-state index >= 15 is 0 Å². The summed E-state index contributed by atoms with van der Waals surface area (Å²) in [4.78, 5) is 36.4. The third-order valence-electron chi connectivity index (χ3n) is 4.95. The van der Waals surface area contributed by atoms with E-state index in [1.165, 1.54) is 24.4 Å². The first kappa shape index (κ1) is 28.6. The van der Waals surface area contributed by atoms with E-state index in [1.807, 2.05) is 6.92 Å². The number of amides is 3. The number of nitrogens with one attached hydrogen (secondary N) is 3. The molecule has 39 heavy (non-hydrogen) atoms. The topological polar surface area (TPSA) is 127 Å². The van der Waals surface area contributed by atoms with Crippen LogP contribution in [-0.4, -0.2) is 43.8 Å². The molecule has 0 atom stereocenters. The Bertz CT molecular complexity index is 1310. The number of hydrogen-bond donors (Lipinski definition) is 3. The lowest BCUT2D eigenvalue weighted by Gasteiger charge is -2.13. The fourth-order valence-electron chi connectivity index (χ4n) is 3.26. The molecule has 0 aliphatic heterocycles. The van der Waals surface area contributed by atoms with Crippen molar-refractivity contribution in [2.24, 2.45) is 5.10 Å². The largest absolute Gasteiger partial charge is 0.494 e. The van der Waals surface area contributed by atoms with Crippen LogP contribution in [0.15, 0.2) is 71.8 Å². The summed E-state index contributed by atoms with van der Waals surface area (Å²) in [6.45, 7) is 4.16. The highest BCUT2D eigenvalue weighted by Gasteiger charge is 2.12. The fraction of sp³-hybridized carbons (Fsp3) is 0.214. The number of hydrazone groups is 1. The van der Waals surface area contributed by atoms with E-state index in [4.69, 9.17) is 14.2 Å². The average Bonchev–Trinajstić information content (AvgIpc) is 2.91. The molecule has 0 radical (unpaired) electrons. The number of hydrogen-bond acceptors (Lipinski definition) is 7. The van der Waals surface area contributed by atoms with Crippen LogP contribution in [0.2, 0.25) is 0 Å². The molecule has 3 amide bonds. The summed E-state index contributed by atoms with van der Waals surface area (Å²) in [6, 6.07) is 17.4. The Morgan fingerprint density at radius 2 is 1.56 bits per heavy atom. The number of carbonyl (C=O) groups excluding carboxylic acids is 3. The van der Waals surface area contributed by atoms with Gasteiger partial charge in [0, 0.05) is 5.69 Å². The Labute approximate surface area is 225 Å². The first-order valence-corrected chi connectivity index (χ1v) is 12.2. The Morgan fingerprint density at radius 3 is 2.28 bits per heavy atom. The van der Waals surface area contributed by atoms with Crippen molar-refractivity contribution >= 4 is 35.3 Å². The van der Waals surface area contributed by atoms with Gasteiger partial charge in [0.25, 0.3) is 5.91 Å². The van der Waals surface area contributed by atoms with Gasteiger partial charge in [-0.25, -0.2) is 9.82 Å². The molecular weight excluding hydrogens is 507 g/mol. The molecule has 10 nitrogen and oxygen atoms in total. The van der Waals surface area contributed by atoms with Crippen LogP contribution in [0, 0.1) is 5.82 Å². The van der Waals surface area contributed by atoms with Gasteiger partial charge in [0.05, 0.1) is 25.1 Å². The van der Waals surface area contributed by atoms with Crippen LogP contribution in [0.1, 0.15) is 25.8 Å². The maximum atomic E-state index is 13.7. The van der Waals surface area contributed by atoms with Gasteiger partial charge in [-0.2, -0.15) is 5.10 Å². The van der Waals surface area contributed by atoms with E-state index in [9.17, 15) is 18.8 Å². The second-order valence-corrected chi connectivity index (χ2v) is 7.93. The van der Waals surface area contributed by atoms with Crippen molar-refractivity contribution in [3.63, 3.8) is 0 Å². The summed E-state index contributed by atoms with van der Waals surface area (Å²) in [5.41, 5.74) is 3.46. The van der Waals surface area contributed by atoms with Gasteiger partial charge in [0.15, 0.2) is 18.1 Å². The van der Waals surface area contributed by atoms with Gasteiger partial charge in [-0.3, -0.25) is 14.4 Å². The molecule has 3 rings (SSSR count). The van der Waals surface area contributed by atoms with E-state index in [0.29, 0.717) is 41.7 Å². The maximum Gasteiger partial charge on any atom is 0.262 e. The maximum absolute atomic E-state index is 13.7. The minimum absolute atomic E-state index is 0.0541. The van der Waals surface area contributed by atoms with Crippen molar-refractivity contribution in [2.75, 3.05) is 30.5 Å². The molecule has 3 aromatic rings. The average molecular weight is 537 g/mol. The van der Waals surface area contributed by atoms with Gasteiger partial charge in [-0.05, 0) is 74.0 Å². The fourth-order valence-corrected chi connectivity index (χ4v) is 3.26. The Morgan fingerprint density at radius 1 is 0.821 bits per heavy atom. The number of halogens is 1. The lowest BCUT2D eigenvalue weighted by atomic mass is 10.2. The van der Waals surface area contributed by atoms with Crippen LogP contribution in [0.5, 0.6) is 17.2 Å². The van der Waals surface area contributed by atoms with Crippen molar-refractivity contribution in [1.29, 1.82) is 0 Å². The standard InChI is InChI=1S/C28H29FN4O6/c1-3-37-21-12-10-20(11-13-21)31-26(34)16-27(35)33-30-17-19-9-14-24(25(15-19)38-4-2)39-18-28(36)32-23-8-6-5-7-22(23)29/h5-15,17H,3-4,16,18H2,1-2H3,(H,31,34)(H,32,36)(H,33,35). The summed E-state index contributed by atoms with van der Waals surface area (Å²) in [5.74, 6) is -0.854. The molecule has 0 aliphatic carbocycles. The zero-order valence-corrected chi connectivity index (χ0v) is 21.5. The van der Waals surface area contributed by atoms with Crippen LogP contribution in [0.4, 0.5) is 15.8 Å². The number of ether oxygens (including phenoxy) is 3. The Hall–Kier alpha value is -4.93. The molecule has 0 bridgehead atoms. The molecule has 0 aromatic heterocycles. The summed E-state index contributed by atoms with van der Waals surface area (Å²) < 4.78 is 30.2. The molecule has 204 valence electrons. The Balaban J connectivity index is 1.49. The smallest absolute Gasteiger partial charge is 0.262 e. The van der Waals surface area contributed by atoms with Gasteiger partial charge < -0.3 is 24.8 Å². The molecule has 0 fully saturated rings. The van der Waals surface area contributed by atoms with Crippen LogP contribution in [0.3, 0.4) is 0 Å². The molecule has 0 spiro atoms. The summed E-state index contributed by atoms with van der Waals surface area (Å²) >= 11 is 0. The molecule has 0 saturated carbocycles. The normalized spacial score (nSPS) is 10.5. The molecule has 11 heteroatoms. The van der Waals surface area contributed by atoms with Crippen molar-refractivity contribution in [1.82, 2.24) is 5.43 Å². The number of para-hydroxylation sites is 1. The van der Waals surface area contributed by atoms with E-state index < -0.39 is 30.0 Å². The lowest BCUT2D eigenvalue weighted by Crippen LogP contribution is -2.24. The molecule has 0 unspecified atom stereocenters. The summed E-state index contributed by atoms with van der Waals surface area (Å²) in [5, 5.41) is 8.95. The van der Waals surface area contributed by atoms with Gasteiger partial charge in [-0.1, -0.05) is 12.1 Å². The number of benzene rings is 3. The monoisotopic (exact) mass is 536 g/mol. The van der Waals surface area contributed by atoms with Crippen LogP contribution in [-0.2, 0) is 14.4 Å². The van der Waals surface area contributed by atoms with Crippen molar-refractivity contribution in [3.05, 3.63) is 78.1 Å². The highest BCUT2D eigenvalue weighted by Crippen LogP contribution is 2.28. The molecular formula is C28H29FN4O6. The zero-order valence-electron chi connectivity index (χ0n) is 21.5. The van der Waals surface area contributed by atoms with Crippen molar-refractivity contribution in [2.45, 2.75) is 20.3 Å². The van der Waals surface area contributed by atoms with Gasteiger partial charge in [0.2, 0.25) is 11.8 Å². The summed E-state index contributed by atoms with van der Waals surface area (Å²) in [7, 11) is 0. The van der Waals surface area contributed by atoms with Crippen LogP contribution >= 0.6 is 0 Å². The predicted octanol–water partition coefficient (Wildman–Crippen LogP) is 4.12. The zero-order chi connectivity index (χ0) is 28.0. The van der Waals surface area contributed by atoms with E-state index in [2.05, 4.69) is 21.2 Å². The van der Waals surface area contributed by atoms with Gasteiger partial charge in [-0.15, -0.1) is 0 Å². The lowest BCUT2D eigenvalue weighted by molar-refractivity contribution is -0.126. The third kappa shape index (κ3) is 9.47. The number of anilines is 2. The number of carbonyl (C=O) groups is 3. The SMILES string of the molecule is CCOc1ccc(NC(=O)CC(=O)NN=Cc2ccc(OCC(=O)Nc3ccccc3F)c(OCC)c2)cc1. The molecule has 3 N–H and O–H groups in total. The summed E-state index contributed by atoms with van der Waals surface area (Å²) in [6.07, 6.45) is 0.954. The van der Waals surface area contributed by atoms with Crippen molar-refractivity contribution < 1.29 is 33.0 Å². The quantitative estimate of drug-likeness (QED) is 0.171. The van der Waals surface area contributed by atoms with Crippen molar-refractivity contribution in [3.8, 4) is 17.2 Å². The van der Waals surface area contributed by atoms with E-state index in [-0.39, 0.29) is 12.3 Å². The van der Waals surface area contributed by atoms with Crippen LogP contribution in [0.25, 0.3) is 0 Å². The van der Waals surface area contributed by atoms with E-state index in [0.717, 1.165) is 0 Å². The molecule has 0 saturated heterocycles. The van der Waals surface area contributed by atoms with E-state index in [1.54, 1.807) is 55.5 Å². The van der Waals surface area contributed by atoms with Gasteiger partial charge in [0.1, 0.15) is 18.0 Å². The molecule has 0 aliphatic rings. The number of nitrogens with zero attached hydrogens (tertiary/aromatic N) is 1. The minimum atomic E-state index is -0.597. The second-order valence-electron chi connectivity index (χ2n) is 7.93. The second kappa shape index (κ2) is 14.7. The van der Waals surface area contributed by atoms with Gasteiger partial charge >= 0.3 is 0 Å². The molecule has 0 heterocycles. The Kier molecular flexibility index (Phi) is 10.8.